The Morgan fingerprint density at radius 2 is 2.05 bits per heavy atom. The lowest BCUT2D eigenvalue weighted by molar-refractivity contribution is -0.147. The lowest BCUT2D eigenvalue weighted by Crippen LogP contribution is -2.54. The van der Waals surface area contributed by atoms with Crippen molar-refractivity contribution in [2.45, 2.75) is 51.0 Å². The standard InChI is InChI=1S/C15H28N2O2.ClH/c1-12-4-3-5-13(10-12)11-17-14(18)15(19-2)6-8-16-9-7-15;/h12-13,16H,3-11H2,1-2H3,(H,17,18);1H. The normalized spacial score (nSPS) is 29.3. The van der Waals surface area contributed by atoms with Gasteiger partial charge in [0, 0.05) is 13.7 Å². The van der Waals surface area contributed by atoms with Gasteiger partial charge in [0.05, 0.1) is 0 Å². The highest BCUT2D eigenvalue weighted by Gasteiger charge is 2.39. The SMILES string of the molecule is COC1(C(=O)NCC2CCCC(C)C2)CCNCC1.Cl. The zero-order valence-corrected chi connectivity index (χ0v) is 13.6. The zero-order valence-electron chi connectivity index (χ0n) is 12.7. The average Bonchev–Trinajstić information content (AvgIpc) is 2.45. The Morgan fingerprint density at radius 1 is 1.35 bits per heavy atom. The van der Waals surface area contributed by atoms with Gasteiger partial charge in [-0.15, -0.1) is 12.4 Å². The molecule has 0 radical (unpaired) electrons. The summed E-state index contributed by atoms with van der Waals surface area (Å²) in [5.74, 6) is 1.56. The second kappa shape index (κ2) is 8.20. The summed E-state index contributed by atoms with van der Waals surface area (Å²) in [6.45, 7) is 4.86. The molecule has 5 heteroatoms. The molecule has 0 spiro atoms. The van der Waals surface area contributed by atoms with Crippen molar-refractivity contribution < 1.29 is 9.53 Å². The number of hydrogen-bond acceptors (Lipinski definition) is 3. The number of rotatable bonds is 4. The largest absolute Gasteiger partial charge is 0.368 e. The lowest BCUT2D eigenvalue weighted by Gasteiger charge is -2.35. The van der Waals surface area contributed by atoms with Crippen LogP contribution in [0.3, 0.4) is 0 Å². The highest BCUT2D eigenvalue weighted by Crippen LogP contribution is 2.28. The van der Waals surface area contributed by atoms with E-state index in [0.29, 0.717) is 5.92 Å². The summed E-state index contributed by atoms with van der Waals surface area (Å²) < 4.78 is 5.55. The lowest BCUT2D eigenvalue weighted by atomic mass is 9.82. The molecule has 1 saturated heterocycles. The molecule has 0 aromatic heterocycles. The van der Waals surface area contributed by atoms with Gasteiger partial charge < -0.3 is 15.4 Å². The van der Waals surface area contributed by atoms with E-state index < -0.39 is 5.60 Å². The van der Waals surface area contributed by atoms with Crippen molar-refractivity contribution in [1.29, 1.82) is 0 Å². The van der Waals surface area contributed by atoms with E-state index >= 15 is 0 Å². The monoisotopic (exact) mass is 304 g/mol. The summed E-state index contributed by atoms with van der Waals surface area (Å²) in [6.07, 6.45) is 6.71. The van der Waals surface area contributed by atoms with Gasteiger partial charge in [-0.3, -0.25) is 4.79 Å². The molecule has 2 fully saturated rings. The van der Waals surface area contributed by atoms with Gasteiger partial charge in [-0.1, -0.05) is 19.8 Å². The molecule has 1 saturated carbocycles. The fourth-order valence-electron chi connectivity index (χ4n) is 3.50. The number of carbonyl (C=O) groups excluding carboxylic acids is 1. The molecular weight excluding hydrogens is 276 g/mol. The summed E-state index contributed by atoms with van der Waals surface area (Å²) >= 11 is 0. The number of ether oxygens (including phenoxy) is 1. The van der Waals surface area contributed by atoms with Gasteiger partial charge in [0.2, 0.25) is 0 Å². The Labute approximate surface area is 128 Å². The molecule has 1 amide bonds. The van der Waals surface area contributed by atoms with Gasteiger partial charge in [-0.05, 0) is 50.6 Å². The van der Waals surface area contributed by atoms with Gasteiger partial charge in [-0.25, -0.2) is 0 Å². The summed E-state index contributed by atoms with van der Waals surface area (Å²) in [6, 6.07) is 0. The Hall–Kier alpha value is -0.320. The van der Waals surface area contributed by atoms with E-state index in [4.69, 9.17) is 4.74 Å². The summed E-state index contributed by atoms with van der Waals surface area (Å²) in [7, 11) is 1.66. The maximum atomic E-state index is 12.4. The molecule has 2 aliphatic rings. The van der Waals surface area contributed by atoms with Gasteiger partial charge in [0.25, 0.3) is 5.91 Å². The molecule has 2 N–H and O–H groups in total. The van der Waals surface area contributed by atoms with E-state index in [1.807, 2.05) is 0 Å². The van der Waals surface area contributed by atoms with Crippen molar-refractivity contribution in [3.63, 3.8) is 0 Å². The van der Waals surface area contributed by atoms with E-state index in [2.05, 4.69) is 17.6 Å². The Bertz CT molecular complexity index is 306. The van der Waals surface area contributed by atoms with Crippen molar-refractivity contribution in [2.75, 3.05) is 26.7 Å². The zero-order chi connectivity index (χ0) is 13.7. The van der Waals surface area contributed by atoms with E-state index in [1.54, 1.807) is 7.11 Å². The second-order valence-electron chi connectivity index (χ2n) is 6.30. The smallest absolute Gasteiger partial charge is 0.252 e. The Kier molecular flexibility index (Phi) is 7.27. The number of amides is 1. The van der Waals surface area contributed by atoms with Crippen molar-refractivity contribution >= 4 is 18.3 Å². The topological polar surface area (TPSA) is 50.4 Å². The van der Waals surface area contributed by atoms with Gasteiger partial charge in [0.1, 0.15) is 5.60 Å². The van der Waals surface area contributed by atoms with Crippen LogP contribution in [0.25, 0.3) is 0 Å². The molecule has 1 aliphatic carbocycles. The molecule has 20 heavy (non-hydrogen) atoms. The summed E-state index contributed by atoms with van der Waals surface area (Å²) in [5.41, 5.74) is -0.592. The molecule has 2 atom stereocenters. The maximum absolute atomic E-state index is 12.4. The fraction of sp³-hybridized carbons (Fsp3) is 0.933. The number of carbonyl (C=O) groups is 1. The number of hydrogen-bond donors (Lipinski definition) is 2. The van der Waals surface area contributed by atoms with Crippen LogP contribution >= 0.6 is 12.4 Å². The minimum atomic E-state index is -0.592. The minimum absolute atomic E-state index is 0. The van der Waals surface area contributed by atoms with Crippen molar-refractivity contribution in [3.8, 4) is 0 Å². The molecule has 0 aromatic rings. The molecule has 118 valence electrons. The first-order valence-corrected chi connectivity index (χ1v) is 7.70. The van der Waals surface area contributed by atoms with E-state index in [9.17, 15) is 4.79 Å². The van der Waals surface area contributed by atoms with Crippen molar-refractivity contribution in [2.24, 2.45) is 11.8 Å². The van der Waals surface area contributed by atoms with Crippen LogP contribution in [-0.2, 0) is 9.53 Å². The summed E-state index contributed by atoms with van der Waals surface area (Å²) in [5, 5.41) is 6.42. The Morgan fingerprint density at radius 3 is 2.65 bits per heavy atom. The van der Waals surface area contributed by atoms with Crippen molar-refractivity contribution in [3.05, 3.63) is 0 Å². The molecule has 2 unspecified atom stereocenters. The second-order valence-corrected chi connectivity index (χ2v) is 6.30. The first-order chi connectivity index (χ1) is 9.16. The van der Waals surface area contributed by atoms with Crippen LogP contribution in [0, 0.1) is 11.8 Å². The van der Waals surface area contributed by atoms with Gasteiger partial charge in [0.15, 0.2) is 0 Å². The number of nitrogens with one attached hydrogen (secondary N) is 2. The highest BCUT2D eigenvalue weighted by atomic mass is 35.5. The number of halogens is 1. The number of methoxy groups -OCH3 is 1. The van der Waals surface area contributed by atoms with E-state index in [1.165, 1.54) is 25.7 Å². The van der Waals surface area contributed by atoms with Crippen molar-refractivity contribution in [1.82, 2.24) is 10.6 Å². The minimum Gasteiger partial charge on any atom is -0.368 e. The van der Waals surface area contributed by atoms with Crippen LogP contribution in [0.5, 0.6) is 0 Å². The Balaban J connectivity index is 0.00000200. The maximum Gasteiger partial charge on any atom is 0.252 e. The van der Waals surface area contributed by atoms with Gasteiger partial charge in [-0.2, -0.15) is 0 Å². The third-order valence-corrected chi connectivity index (χ3v) is 4.81. The van der Waals surface area contributed by atoms with E-state index in [-0.39, 0.29) is 18.3 Å². The highest BCUT2D eigenvalue weighted by molar-refractivity contribution is 5.85. The molecular formula is C15H29ClN2O2. The molecule has 0 aromatic carbocycles. The molecule has 2 rings (SSSR count). The van der Waals surface area contributed by atoms with E-state index in [0.717, 1.165) is 38.4 Å². The van der Waals surface area contributed by atoms with Gasteiger partial charge >= 0.3 is 0 Å². The third kappa shape index (κ3) is 4.34. The van der Waals surface area contributed by atoms with Crippen LogP contribution in [0.4, 0.5) is 0 Å². The van der Waals surface area contributed by atoms with Crippen LogP contribution in [-0.4, -0.2) is 38.3 Å². The quantitative estimate of drug-likeness (QED) is 0.836. The first kappa shape index (κ1) is 17.7. The average molecular weight is 305 g/mol. The van der Waals surface area contributed by atoms with Crippen LogP contribution in [0.2, 0.25) is 0 Å². The predicted molar refractivity (Wildman–Crippen MR) is 83.2 cm³/mol. The molecule has 0 bridgehead atoms. The van der Waals surface area contributed by atoms with Crippen LogP contribution in [0.1, 0.15) is 45.4 Å². The fourth-order valence-corrected chi connectivity index (χ4v) is 3.50. The number of piperidine rings is 1. The summed E-state index contributed by atoms with van der Waals surface area (Å²) in [4.78, 5) is 12.4. The van der Waals surface area contributed by atoms with Crippen LogP contribution < -0.4 is 10.6 Å². The molecule has 4 nitrogen and oxygen atoms in total. The predicted octanol–water partition coefficient (Wildman–Crippen LogP) is 2.12. The van der Waals surface area contributed by atoms with Crippen LogP contribution in [0.15, 0.2) is 0 Å². The third-order valence-electron chi connectivity index (χ3n) is 4.81. The first-order valence-electron chi connectivity index (χ1n) is 7.70. The molecule has 1 aliphatic heterocycles. The molecule has 1 heterocycles.